The Bertz CT molecular complexity index is 387. The Hall–Kier alpha value is -1.02. The highest BCUT2D eigenvalue weighted by atomic mass is 35.5. The van der Waals surface area contributed by atoms with E-state index >= 15 is 0 Å². The molecule has 1 aliphatic carbocycles. The summed E-state index contributed by atoms with van der Waals surface area (Å²) in [4.78, 5) is 14.5. The van der Waals surface area contributed by atoms with E-state index in [1.807, 2.05) is 35.2 Å². The van der Waals surface area contributed by atoms with Crippen molar-refractivity contribution < 1.29 is 4.79 Å². The van der Waals surface area contributed by atoms with Crippen LogP contribution in [-0.4, -0.2) is 17.8 Å². The molecule has 1 fully saturated rings. The van der Waals surface area contributed by atoms with Crippen molar-refractivity contribution in [2.24, 2.45) is 0 Å². The third-order valence-corrected chi connectivity index (χ3v) is 4.03. The van der Waals surface area contributed by atoms with E-state index in [2.05, 4.69) is 0 Å². The summed E-state index contributed by atoms with van der Waals surface area (Å²) in [5, 5.41) is 0. The van der Waals surface area contributed by atoms with Crippen LogP contribution in [0.4, 0.5) is 5.69 Å². The van der Waals surface area contributed by atoms with E-state index in [9.17, 15) is 4.79 Å². The fourth-order valence-corrected chi connectivity index (χ4v) is 2.96. The topological polar surface area (TPSA) is 20.3 Å². The van der Waals surface area contributed by atoms with Crippen LogP contribution in [-0.2, 0) is 4.79 Å². The summed E-state index contributed by atoms with van der Waals surface area (Å²) in [5.74, 6) is 0.776. The lowest BCUT2D eigenvalue weighted by Crippen LogP contribution is -2.41. The van der Waals surface area contributed by atoms with Crippen LogP contribution in [0.15, 0.2) is 30.3 Å². The van der Waals surface area contributed by atoms with Gasteiger partial charge in [0, 0.05) is 24.0 Å². The molecule has 1 aromatic rings. The van der Waals surface area contributed by atoms with Crippen molar-refractivity contribution in [2.45, 2.75) is 51.0 Å². The highest BCUT2D eigenvalue weighted by Gasteiger charge is 2.26. The van der Waals surface area contributed by atoms with Gasteiger partial charge in [0.05, 0.1) is 0 Å². The number of amides is 1. The summed E-state index contributed by atoms with van der Waals surface area (Å²) in [6.45, 7) is 0. The van der Waals surface area contributed by atoms with Gasteiger partial charge in [-0.05, 0) is 31.4 Å². The normalized spacial score (nSPS) is 16.3. The Morgan fingerprint density at radius 1 is 1.16 bits per heavy atom. The van der Waals surface area contributed by atoms with Crippen LogP contribution >= 0.6 is 11.6 Å². The number of carbonyl (C=O) groups excluding carboxylic acids is 1. The maximum Gasteiger partial charge on any atom is 0.227 e. The molecule has 2 nitrogen and oxygen atoms in total. The summed E-state index contributed by atoms with van der Waals surface area (Å²) in [5.41, 5.74) is 1.04. The molecule has 0 radical (unpaired) electrons. The predicted molar refractivity (Wildman–Crippen MR) is 80.8 cm³/mol. The van der Waals surface area contributed by atoms with Crippen molar-refractivity contribution in [3.8, 4) is 0 Å². The van der Waals surface area contributed by atoms with Gasteiger partial charge in [-0.1, -0.05) is 37.5 Å². The lowest BCUT2D eigenvalue weighted by molar-refractivity contribution is -0.119. The Balaban J connectivity index is 2.14. The Kier molecular flexibility index (Phi) is 5.71. The molecule has 1 aromatic carbocycles. The van der Waals surface area contributed by atoms with E-state index in [4.69, 9.17) is 11.6 Å². The molecule has 0 aromatic heterocycles. The maximum atomic E-state index is 12.5. The lowest BCUT2D eigenvalue weighted by Gasteiger charge is -2.34. The molecule has 2 rings (SSSR count). The second-order valence-electron chi connectivity index (χ2n) is 5.18. The lowest BCUT2D eigenvalue weighted by atomic mass is 9.93. The first-order valence-electron chi connectivity index (χ1n) is 7.26. The van der Waals surface area contributed by atoms with Gasteiger partial charge >= 0.3 is 0 Å². The van der Waals surface area contributed by atoms with Gasteiger partial charge in [0.15, 0.2) is 0 Å². The van der Waals surface area contributed by atoms with Crippen molar-refractivity contribution in [2.75, 3.05) is 10.8 Å². The van der Waals surface area contributed by atoms with E-state index in [0.717, 1.165) is 24.9 Å². The second-order valence-corrected chi connectivity index (χ2v) is 5.56. The number of alkyl halides is 1. The average molecular weight is 280 g/mol. The summed E-state index contributed by atoms with van der Waals surface area (Å²) in [7, 11) is 0. The molecule has 19 heavy (non-hydrogen) atoms. The Morgan fingerprint density at radius 2 is 1.84 bits per heavy atom. The molecule has 1 aliphatic rings. The number of carbonyl (C=O) groups is 1. The fourth-order valence-electron chi connectivity index (χ4n) is 2.82. The van der Waals surface area contributed by atoms with Gasteiger partial charge in [-0.15, -0.1) is 11.6 Å². The SMILES string of the molecule is O=C(CCCCl)N(c1ccccc1)C1CCCCC1. The summed E-state index contributed by atoms with van der Waals surface area (Å²) < 4.78 is 0. The molecule has 0 aliphatic heterocycles. The zero-order valence-electron chi connectivity index (χ0n) is 11.4. The van der Waals surface area contributed by atoms with Crippen LogP contribution in [0.5, 0.6) is 0 Å². The molecule has 0 heterocycles. The molecule has 1 amide bonds. The number of rotatable bonds is 5. The number of hydrogen-bond acceptors (Lipinski definition) is 1. The van der Waals surface area contributed by atoms with Crippen molar-refractivity contribution in [3.63, 3.8) is 0 Å². The van der Waals surface area contributed by atoms with Crippen LogP contribution in [0.3, 0.4) is 0 Å². The molecule has 3 heteroatoms. The highest BCUT2D eigenvalue weighted by molar-refractivity contribution is 6.18. The van der Waals surface area contributed by atoms with Gasteiger partial charge in [-0.2, -0.15) is 0 Å². The zero-order chi connectivity index (χ0) is 13.5. The standard InChI is InChI=1S/C16H22ClNO/c17-13-7-12-16(19)18(14-8-3-1-4-9-14)15-10-5-2-6-11-15/h1,3-4,8-9,15H,2,5-7,10-13H2. The molecular weight excluding hydrogens is 258 g/mol. The fraction of sp³-hybridized carbons (Fsp3) is 0.562. The van der Waals surface area contributed by atoms with Gasteiger partial charge in [0.25, 0.3) is 0 Å². The van der Waals surface area contributed by atoms with Crippen molar-refractivity contribution in [1.29, 1.82) is 0 Å². The number of hydrogen-bond donors (Lipinski definition) is 0. The molecular formula is C16H22ClNO. The van der Waals surface area contributed by atoms with E-state index in [0.29, 0.717) is 18.3 Å². The number of anilines is 1. The molecule has 0 N–H and O–H groups in total. The van der Waals surface area contributed by atoms with E-state index < -0.39 is 0 Å². The van der Waals surface area contributed by atoms with Crippen molar-refractivity contribution in [1.82, 2.24) is 0 Å². The smallest absolute Gasteiger partial charge is 0.227 e. The van der Waals surface area contributed by atoms with Gasteiger partial charge in [0.2, 0.25) is 5.91 Å². The molecule has 1 saturated carbocycles. The van der Waals surface area contributed by atoms with Gasteiger partial charge in [0.1, 0.15) is 0 Å². The second kappa shape index (κ2) is 7.54. The molecule has 0 atom stereocenters. The minimum absolute atomic E-state index is 0.221. The van der Waals surface area contributed by atoms with E-state index in [1.165, 1.54) is 19.3 Å². The molecule has 0 saturated heterocycles. The molecule has 0 unspecified atom stereocenters. The Morgan fingerprint density at radius 3 is 2.47 bits per heavy atom. The predicted octanol–water partition coefficient (Wildman–Crippen LogP) is 4.37. The maximum absolute atomic E-state index is 12.5. The molecule has 0 bridgehead atoms. The van der Waals surface area contributed by atoms with E-state index in [-0.39, 0.29) is 5.91 Å². The van der Waals surface area contributed by atoms with Crippen LogP contribution in [0.1, 0.15) is 44.9 Å². The molecule has 104 valence electrons. The van der Waals surface area contributed by atoms with E-state index in [1.54, 1.807) is 0 Å². The minimum Gasteiger partial charge on any atom is -0.309 e. The van der Waals surface area contributed by atoms with Gasteiger partial charge < -0.3 is 4.90 Å². The molecule has 0 spiro atoms. The summed E-state index contributed by atoms with van der Waals surface area (Å²) >= 11 is 5.71. The van der Waals surface area contributed by atoms with Gasteiger partial charge in [-0.25, -0.2) is 0 Å². The number of benzene rings is 1. The largest absolute Gasteiger partial charge is 0.309 e. The summed E-state index contributed by atoms with van der Waals surface area (Å²) in [6, 6.07) is 10.4. The van der Waals surface area contributed by atoms with Crippen LogP contribution in [0.2, 0.25) is 0 Å². The zero-order valence-corrected chi connectivity index (χ0v) is 12.1. The Labute approximate surface area is 120 Å². The third-order valence-electron chi connectivity index (χ3n) is 3.77. The summed E-state index contributed by atoms with van der Waals surface area (Å²) in [6.07, 6.45) is 7.33. The minimum atomic E-state index is 0.221. The first-order chi connectivity index (χ1) is 9.33. The quantitative estimate of drug-likeness (QED) is 0.733. The first kappa shape index (κ1) is 14.4. The first-order valence-corrected chi connectivity index (χ1v) is 7.79. The average Bonchev–Trinajstić information content (AvgIpc) is 2.47. The van der Waals surface area contributed by atoms with Crippen molar-refractivity contribution >= 4 is 23.2 Å². The monoisotopic (exact) mass is 279 g/mol. The van der Waals surface area contributed by atoms with Crippen LogP contribution in [0.25, 0.3) is 0 Å². The van der Waals surface area contributed by atoms with Crippen molar-refractivity contribution in [3.05, 3.63) is 30.3 Å². The highest BCUT2D eigenvalue weighted by Crippen LogP contribution is 2.28. The van der Waals surface area contributed by atoms with Crippen LogP contribution in [0, 0.1) is 0 Å². The number of para-hydroxylation sites is 1. The van der Waals surface area contributed by atoms with Gasteiger partial charge in [-0.3, -0.25) is 4.79 Å². The third kappa shape index (κ3) is 3.97. The number of nitrogens with zero attached hydrogens (tertiary/aromatic N) is 1. The van der Waals surface area contributed by atoms with Crippen LogP contribution < -0.4 is 4.90 Å². The number of halogens is 1.